The number of carbonyl (C=O) groups is 1. The second-order valence-corrected chi connectivity index (χ2v) is 7.48. The maximum Gasteiger partial charge on any atom is 0.259 e. The molecule has 2 aromatic heterocycles. The van der Waals surface area contributed by atoms with Crippen LogP contribution in [0.4, 0.5) is 4.39 Å². The average molecular weight is 420 g/mol. The van der Waals surface area contributed by atoms with Gasteiger partial charge in [0.05, 0.1) is 30.6 Å². The molecule has 0 unspecified atom stereocenters. The van der Waals surface area contributed by atoms with Crippen molar-refractivity contribution in [1.29, 1.82) is 5.26 Å². The maximum absolute atomic E-state index is 14.8. The summed E-state index contributed by atoms with van der Waals surface area (Å²) in [5.74, 6) is -0.700. The Labute approximate surface area is 178 Å². The number of carbonyl (C=O) groups excluding carboxylic acids is 1. The minimum Gasteiger partial charge on any atom is -0.472 e. The summed E-state index contributed by atoms with van der Waals surface area (Å²) in [5.41, 5.74) is 1.35. The van der Waals surface area contributed by atoms with Crippen LogP contribution in [0.2, 0.25) is 0 Å². The molecular formula is C22H21FN6O2. The van der Waals surface area contributed by atoms with Crippen molar-refractivity contribution in [1.82, 2.24) is 24.9 Å². The predicted octanol–water partition coefficient (Wildman–Crippen LogP) is 3.05. The Kier molecular flexibility index (Phi) is 5.62. The third-order valence-electron chi connectivity index (χ3n) is 5.50. The van der Waals surface area contributed by atoms with E-state index in [1.54, 1.807) is 24.0 Å². The van der Waals surface area contributed by atoms with Crippen molar-refractivity contribution in [2.75, 3.05) is 6.54 Å². The number of ether oxygens (including phenoxy) is 1. The second kappa shape index (κ2) is 8.52. The Balaban J connectivity index is 1.60. The maximum atomic E-state index is 14.8. The number of piperidine rings is 1. The van der Waals surface area contributed by atoms with Gasteiger partial charge < -0.3 is 9.64 Å². The number of pyridine rings is 1. The number of aromatic nitrogens is 4. The molecule has 3 aromatic rings. The smallest absolute Gasteiger partial charge is 0.259 e. The zero-order valence-electron chi connectivity index (χ0n) is 17.2. The van der Waals surface area contributed by atoms with E-state index < -0.39 is 11.7 Å². The van der Waals surface area contributed by atoms with Crippen LogP contribution >= 0.6 is 0 Å². The lowest BCUT2D eigenvalue weighted by atomic mass is 9.99. The predicted molar refractivity (Wildman–Crippen MR) is 109 cm³/mol. The summed E-state index contributed by atoms with van der Waals surface area (Å²) in [7, 11) is 0. The van der Waals surface area contributed by atoms with Gasteiger partial charge in [0.2, 0.25) is 5.88 Å². The molecule has 1 fully saturated rings. The van der Waals surface area contributed by atoms with Gasteiger partial charge >= 0.3 is 0 Å². The Bertz CT molecular complexity index is 1140. The van der Waals surface area contributed by atoms with E-state index in [9.17, 15) is 14.4 Å². The molecule has 0 spiro atoms. The number of nitrogens with zero attached hydrogens (tertiary/aromatic N) is 6. The van der Waals surface area contributed by atoms with Gasteiger partial charge in [-0.05, 0) is 44.9 Å². The molecule has 158 valence electrons. The summed E-state index contributed by atoms with van der Waals surface area (Å²) in [5, 5.41) is 17.3. The van der Waals surface area contributed by atoms with E-state index in [-0.39, 0.29) is 29.9 Å². The zero-order chi connectivity index (χ0) is 22.0. The van der Waals surface area contributed by atoms with Crippen LogP contribution in [0, 0.1) is 24.1 Å². The summed E-state index contributed by atoms with van der Waals surface area (Å²) in [6.07, 6.45) is 5.55. The molecule has 0 N–H and O–H groups in total. The van der Waals surface area contributed by atoms with Crippen LogP contribution in [0.25, 0.3) is 5.69 Å². The minimum absolute atomic E-state index is 0.0769. The molecule has 1 amide bonds. The number of hydrogen-bond acceptors (Lipinski definition) is 6. The summed E-state index contributed by atoms with van der Waals surface area (Å²) >= 11 is 0. The molecule has 4 rings (SSSR count). The minimum atomic E-state index is -0.630. The fourth-order valence-corrected chi connectivity index (χ4v) is 3.74. The van der Waals surface area contributed by atoms with Gasteiger partial charge in [-0.1, -0.05) is 6.07 Å². The van der Waals surface area contributed by atoms with Crippen LogP contribution < -0.4 is 4.74 Å². The Morgan fingerprint density at radius 1 is 1.23 bits per heavy atom. The van der Waals surface area contributed by atoms with Crippen LogP contribution in [0.1, 0.15) is 41.3 Å². The molecule has 1 aliphatic heterocycles. The molecule has 3 heterocycles. The number of likely N-dealkylation sites (tertiary alicyclic amines) is 1. The first-order valence-corrected chi connectivity index (χ1v) is 9.98. The SMILES string of the molecule is Cc1c(C#N)ccnc1O[C@@H]1CC[C@@H](C)N(C(=O)c2c(F)cccc2-n2nccn2)C1. The van der Waals surface area contributed by atoms with E-state index in [4.69, 9.17) is 4.74 Å². The quantitative estimate of drug-likeness (QED) is 0.644. The van der Waals surface area contributed by atoms with Crippen LogP contribution in [0.3, 0.4) is 0 Å². The monoisotopic (exact) mass is 420 g/mol. The molecule has 0 saturated carbocycles. The Morgan fingerprint density at radius 2 is 2.00 bits per heavy atom. The molecule has 0 aliphatic carbocycles. The van der Waals surface area contributed by atoms with Gasteiger partial charge in [0.25, 0.3) is 5.91 Å². The van der Waals surface area contributed by atoms with E-state index >= 15 is 0 Å². The van der Waals surface area contributed by atoms with Crippen LogP contribution in [0.15, 0.2) is 42.9 Å². The van der Waals surface area contributed by atoms with Crippen molar-refractivity contribution in [3.8, 4) is 17.6 Å². The number of hydrogen-bond donors (Lipinski definition) is 0. The normalized spacial score (nSPS) is 18.5. The third-order valence-corrected chi connectivity index (χ3v) is 5.50. The number of halogens is 1. The summed E-state index contributed by atoms with van der Waals surface area (Å²) in [6.45, 7) is 3.98. The first-order chi connectivity index (χ1) is 15.0. The van der Waals surface area contributed by atoms with Crippen molar-refractivity contribution in [3.63, 3.8) is 0 Å². The first kappa shape index (κ1) is 20.5. The molecule has 1 aromatic carbocycles. The lowest BCUT2D eigenvalue weighted by Crippen LogP contribution is -2.49. The largest absolute Gasteiger partial charge is 0.472 e. The van der Waals surface area contributed by atoms with Crippen molar-refractivity contribution in [3.05, 3.63) is 65.4 Å². The van der Waals surface area contributed by atoms with Crippen molar-refractivity contribution >= 4 is 5.91 Å². The van der Waals surface area contributed by atoms with Crippen molar-refractivity contribution in [2.45, 2.75) is 38.8 Å². The van der Waals surface area contributed by atoms with Gasteiger partial charge in [-0.2, -0.15) is 20.3 Å². The molecule has 0 radical (unpaired) electrons. The fraction of sp³-hybridized carbons (Fsp3) is 0.318. The van der Waals surface area contributed by atoms with E-state index in [0.29, 0.717) is 29.8 Å². The van der Waals surface area contributed by atoms with Crippen LogP contribution in [0.5, 0.6) is 5.88 Å². The Hall–Kier alpha value is -3.80. The van der Waals surface area contributed by atoms with E-state index in [0.717, 1.165) is 0 Å². The van der Waals surface area contributed by atoms with Crippen LogP contribution in [-0.2, 0) is 0 Å². The van der Waals surface area contributed by atoms with Crippen LogP contribution in [-0.4, -0.2) is 49.5 Å². The highest BCUT2D eigenvalue weighted by Crippen LogP contribution is 2.27. The standard InChI is InChI=1S/C22H21FN6O2/c1-14-6-7-17(31-21-15(2)16(12-24)8-9-25-21)13-28(14)22(30)20-18(23)4-3-5-19(20)29-26-10-11-27-29/h3-5,8-11,14,17H,6-7,13H2,1-2H3/t14-,17-/m1/s1. The molecule has 8 nitrogen and oxygen atoms in total. The van der Waals surface area contributed by atoms with Gasteiger partial charge in [0.1, 0.15) is 23.2 Å². The van der Waals surface area contributed by atoms with Gasteiger partial charge in [0, 0.05) is 17.8 Å². The lowest BCUT2D eigenvalue weighted by molar-refractivity contribution is 0.0367. The van der Waals surface area contributed by atoms with E-state index in [2.05, 4.69) is 21.3 Å². The summed E-state index contributed by atoms with van der Waals surface area (Å²) in [6, 6.07) is 8.04. The van der Waals surface area contributed by atoms with Gasteiger partial charge in [-0.3, -0.25) is 4.79 Å². The lowest BCUT2D eigenvalue weighted by Gasteiger charge is -2.38. The number of rotatable bonds is 4. The molecule has 2 atom stereocenters. The Morgan fingerprint density at radius 3 is 2.74 bits per heavy atom. The second-order valence-electron chi connectivity index (χ2n) is 7.48. The highest BCUT2D eigenvalue weighted by atomic mass is 19.1. The van der Waals surface area contributed by atoms with Gasteiger partial charge in [-0.25, -0.2) is 9.37 Å². The molecular weight excluding hydrogens is 399 g/mol. The average Bonchev–Trinajstić information content (AvgIpc) is 3.31. The molecule has 9 heteroatoms. The zero-order valence-corrected chi connectivity index (χ0v) is 17.2. The first-order valence-electron chi connectivity index (χ1n) is 9.98. The summed E-state index contributed by atoms with van der Waals surface area (Å²) in [4.78, 5) is 20.5. The molecule has 1 saturated heterocycles. The molecule has 1 aliphatic rings. The summed E-state index contributed by atoms with van der Waals surface area (Å²) < 4.78 is 20.8. The van der Waals surface area contributed by atoms with Gasteiger partial charge in [0.15, 0.2) is 0 Å². The van der Waals surface area contributed by atoms with Gasteiger partial charge in [-0.15, -0.1) is 0 Å². The van der Waals surface area contributed by atoms with Crippen molar-refractivity contribution < 1.29 is 13.9 Å². The topological polar surface area (TPSA) is 96.9 Å². The highest BCUT2D eigenvalue weighted by Gasteiger charge is 2.34. The third kappa shape index (κ3) is 3.97. The highest BCUT2D eigenvalue weighted by molar-refractivity contribution is 5.98. The number of nitriles is 1. The fourth-order valence-electron chi connectivity index (χ4n) is 3.74. The van der Waals surface area contributed by atoms with Crippen molar-refractivity contribution in [2.24, 2.45) is 0 Å². The molecule has 31 heavy (non-hydrogen) atoms. The number of amides is 1. The van der Waals surface area contributed by atoms with E-state index in [1.807, 2.05) is 6.92 Å². The van der Waals surface area contributed by atoms with E-state index in [1.165, 1.54) is 35.5 Å². The molecule has 0 bridgehead atoms. The number of benzene rings is 1.